The van der Waals surface area contributed by atoms with E-state index in [1.807, 2.05) is 0 Å². The summed E-state index contributed by atoms with van der Waals surface area (Å²) in [5.41, 5.74) is 19.1. The molecule has 322 valence electrons. The Balaban J connectivity index is 0.999. The van der Waals surface area contributed by atoms with Gasteiger partial charge in [0.2, 0.25) is 0 Å². The SMILES string of the molecule is c1ccc(-c2ccc(N(c3ccc4c(c3)C3(c5ccccc5Oc5ccccc53)c3ccccc3-4)c3cccc4cc5c(cc34)-c3ccccc3C53c4ccccc4Oc4ccccc43)cc2)cc1. The highest BCUT2D eigenvalue weighted by Gasteiger charge is 2.53. The van der Waals surface area contributed by atoms with Gasteiger partial charge in [-0.15, -0.1) is 0 Å². The fourth-order valence-corrected chi connectivity index (χ4v) is 12.6. The Kier molecular flexibility index (Phi) is 7.92. The predicted molar refractivity (Wildman–Crippen MR) is 279 cm³/mol. The molecule has 0 radical (unpaired) electrons. The minimum atomic E-state index is -0.607. The minimum Gasteiger partial charge on any atom is -0.457 e. The smallest absolute Gasteiger partial charge is 0.132 e. The van der Waals surface area contributed by atoms with Crippen molar-refractivity contribution in [3.8, 4) is 56.4 Å². The van der Waals surface area contributed by atoms with E-state index in [4.69, 9.17) is 9.47 Å². The van der Waals surface area contributed by atoms with Gasteiger partial charge >= 0.3 is 0 Å². The molecule has 0 aromatic heterocycles. The van der Waals surface area contributed by atoms with Gasteiger partial charge in [-0.1, -0.05) is 182 Å². The van der Waals surface area contributed by atoms with Crippen molar-refractivity contribution in [2.24, 2.45) is 0 Å². The number of hydrogen-bond donors (Lipinski definition) is 0. The highest BCUT2D eigenvalue weighted by molar-refractivity contribution is 6.05. The maximum Gasteiger partial charge on any atom is 0.132 e. The van der Waals surface area contributed by atoms with Gasteiger partial charge in [-0.05, 0) is 128 Å². The van der Waals surface area contributed by atoms with Gasteiger partial charge in [0.25, 0.3) is 0 Å². The molecule has 0 atom stereocenters. The summed E-state index contributed by atoms with van der Waals surface area (Å²) in [5.74, 6) is 3.55. The first kappa shape index (κ1) is 38.2. The molecular weight excluding hydrogens is 839 g/mol. The van der Waals surface area contributed by atoms with Crippen molar-refractivity contribution in [1.29, 1.82) is 0 Å². The maximum atomic E-state index is 6.73. The third-order valence-corrected chi connectivity index (χ3v) is 15.4. The molecule has 3 nitrogen and oxygen atoms in total. The predicted octanol–water partition coefficient (Wildman–Crippen LogP) is 16.9. The number of ether oxygens (including phenoxy) is 2. The number of nitrogens with zero attached hydrogens (tertiary/aromatic N) is 1. The third kappa shape index (κ3) is 5.11. The van der Waals surface area contributed by atoms with E-state index in [1.54, 1.807) is 0 Å². The second kappa shape index (κ2) is 14.3. The number of para-hydroxylation sites is 4. The second-order valence-electron chi connectivity index (χ2n) is 18.7. The van der Waals surface area contributed by atoms with Crippen LogP contribution in [-0.4, -0.2) is 0 Å². The second-order valence-corrected chi connectivity index (χ2v) is 18.7. The molecule has 0 saturated carbocycles. The van der Waals surface area contributed by atoms with Crippen LogP contribution in [0.15, 0.2) is 249 Å². The van der Waals surface area contributed by atoms with Crippen LogP contribution in [0.1, 0.15) is 44.5 Å². The highest BCUT2D eigenvalue weighted by atomic mass is 16.5. The molecule has 0 bridgehead atoms. The molecule has 11 aromatic carbocycles. The Hall–Kier alpha value is -8.92. The van der Waals surface area contributed by atoms with Crippen LogP contribution < -0.4 is 14.4 Å². The topological polar surface area (TPSA) is 21.7 Å². The van der Waals surface area contributed by atoms with Gasteiger partial charge in [0.1, 0.15) is 23.0 Å². The lowest BCUT2D eigenvalue weighted by Crippen LogP contribution is -2.32. The van der Waals surface area contributed by atoms with Crippen LogP contribution in [0.5, 0.6) is 23.0 Å². The molecule has 0 amide bonds. The van der Waals surface area contributed by atoms with Gasteiger partial charge in [0.15, 0.2) is 0 Å². The standard InChI is InChI=1S/C66H41NO2/c1-2-17-42(18-3-1)43-33-35-45(36-34-43)67(46-37-38-49-47-20-4-6-22-52(47)66(59(49)40-46)56-26-10-14-31-63(56)69-64-32-15-11-27-57(64)66)60-28-16-19-44-39-58-51(41-50(44)60)48-21-5-7-23-53(48)65(58)54-24-8-12-29-61(54)68-62-30-13-9-25-55(62)65/h1-41H. The van der Waals surface area contributed by atoms with Crippen molar-refractivity contribution in [2.45, 2.75) is 10.8 Å². The molecule has 0 fully saturated rings. The molecule has 0 N–H and O–H groups in total. The number of benzene rings is 11. The van der Waals surface area contributed by atoms with Gasteiger partial charge in [-0.2, -0.15) is 0 Å². The summed E-state index contributed by atoms with van der Waals surface area (Å²) >= 11 is 0. The fraction of sp³-hybridized carbons (Fsp3) is 0.0303. The van der Waals surface area contributed by atoms with Gasteiger partial charge in [-0.3, -0.25) is 0 Å². The van der Waals surface area contributed by atoms with Crippen molar-refractivity contribution in [3.63, 3.8) is 0 Å². The minimum absolute atomic E-state index is 0.561. The molecule has 2 aliphatic carbocycles. The third-order valence-electron chi connectivity index (χ3n) is 15.4. The van der Waals surface area contributed by atoms with Gasteiger partial charge in [0.05, 0.1) is 16.5 Å². The van der Waals surface area contributed by atoms with E-state index in [1.165, 1.54) is 66.4 Å². The summed E-state index contributed by atoms with van der Waals surface area (Å²) in [6.45, 7) is 0. The van der Waals surface area contributed by atoms with Crippen LogP contribution >= 0.6 is 0 Å². The molecule has 3 heteroatoms. The lowest BCUT2D eigenvalue weighted by atomic mass is 9.66. The first-order chi connectivity index (χ1) is 34.2. The zero-order valence-electron chi connectivity index (χ0n) is 37.4. The molecule has 0 unspecified atom stereocenters. The molecular formula is C66H41NO2. The van der Waals surface area contributed by atoms with Crippen molar-refractivity contribution >= 4 is 27.8 Å². The number of hydrogen-bond acceptors (Lipinski definition) is 3. The zero-order chi connectivity index (χ0) is 45.3. The molecule has 2 aliphatic heterocycles. The molecule has 2 heterocycles. The zero-order valence-corrected chi connectivity index (χ0v) is 37.4. The Morgan fingerprint density at radius 2 is 0.710 bits per heavy atom. The Morgan fingerprint density at radius 1 is 0.275 bits per heavy atom. The summed E-state index contributed by atoms with van der Waals surface area (Å²) in [5, 5.41) is 2.34. The first-order valence-electron chi connectivity index (χ1n) is 23.8. The van der Waals surface area contributed by atoms with Crippen molar-refractivity contribution in [3.05, 3.63) is 293 Å². The van der Waals surface area contributed by atoms with E-state index in [9.17, 15) is 0 Å². The lowest BCUT2D eigenvalue weighted by molar-refractivity contribution is 0.436. The van der Waals surface area contributed by atoms with Gasteiger partial charge in [0, 0.05) is 39.0 Å². The molecule has 69 heavy (non-hydrogen) atoms. The average molecular weight is 880 g/mol. The van der Waals surface area contributed by atoms with Crippen molar-refractivity contribution in [2.75, 3.05) is 4.90 Å². The van der Waals surface area contributed by atoms with Gasteiger partial charge in [-0.25, -0.2) is 0 Å². The number of anilines is 3. The van der Waals surface area contributed by atoms with E-state index >= 15 is 0 Å². The first-order valence-corrected chi connectivity index (χ1v) is 23.8. The molecule has 15 rings (SSSR count). The fourth-order valence-electron chi connectivity index (χ4n) is 12.6. The molecule has 4 aliphatic rings. The monoisotopic (exact) mass is 879 g/mol. The molecule has 0 saturated heterocycles. The van der Waals surface area contributed by atoms with E-state index in [-0.39, 0.29) is 0 Å². The summed E-state index contributed by atoms with van der Waals surface area (Å²) < 4.78 is 13.4. The quantitative estimate of drug-likeness (QED) is 0.176. The Bertz CT molecular complexity index is 3830. The summed E-state index contributed by atoms with van der Waals surface area (Å²) in [7, 11) is 0. The highest BCUT2D eigenvalue weighted by Crippen LogP contribution is 2.65. The van der Waals surface area contributed by atoms with Crippen molar-refractivity contribution in [1.82, 2.24) is 0 Å². The van der Waals surface area contributed by atoms with E-state index in [2.05, 4.69) is 254 Å². The molecule has 2 spiro atoms. The average Bonchev–Trinajstić information content (AvgIpc) is 3.86. The summed E-state index contributed by atoms with van der Waals surface area (Å²) in [6, 6.07) is 91.0. The lowest BCUT2D eigenvalue weighted by Gasteiger charge is -2.39. The summed E-state index contributed by atoms with van der Waals surface area (Å²) in [6.07, 6.45) is 0. The largest absolute Gasteiger partial charge is 0.457 e. The van der Waals surface area contributed by atoms with Crippen molar-refractivity contribution < 1.29 is 9.47 Å². The van der Waals surface area contributed by atoms with E-state index in [0.29, 0.717) is 0 Å². The normalized spacial score (nSPS) is 14.3. The number of fused-ring (bicyclic) bond motifs is 19. The van der Waals surface area contributed by atoms with Crippen LogP contribution in [0.25, 0.3) is 44.2 Å². The Labute approximate surface area is 400 Å². The van der Waals surface area contributed by atoms with Gasteiger partial charge < -0.3 is 14.4 Å². The van der Waals surface area contributed by atoms with Crippen LogP contribution in [0.3, 0.4) is 0 Å². The Morgan fingerprint density at radius 3 is 1.28 bits per heavy atom. The van der Waals surface area contributed by atoms with E-state index in [0.717, 1.165) is 62.3 Å². The van der Waals surface area contributed by atoms with Crippen LogP contribution in [0.4, 0.5) is 17.1 Å². The number of rotatable bonds is 4. The summed E-state index contributed by atoms with van der Waals surface area (Å²) in [4.78, 5) is 2.48. The molecule has 11 aromatic rings. The van der Waals surface area contributed by atoms with E-state index < -0.39 is 10.8 Å². The van der Waals surface area contributed by atoms with Crippen LogP contribution in [0, 0.1) is 0 Å². The van der Waals surface area contributed by atoms with Crippen LogP contribution in [-0.2, 0) is 10.8 Å². The maximum absolute atomic E-state index is 6.73. The van der Waals surface area contributed by atoms with Crippen LogP contribution in [0.2, 0.25) is 0 Å².